The van der Waals surface area contributed by atoms with E-state index in [-0.39, 0.29) is 24.0 Å². The minimum atomic E-state index is 0. The first kappa shape index (κ1) is 24.7. The maximum atomic E-state index is 5.40. The molecule has 0 spiro atoms. The van der Waals surface area contributed by atoms with Crippen molar-refractivity contribution < 1.29 is 4.42 Å². The van der Waals surface area contributed by atoms with E-state index in [1.807, 2.05) is 36.7 Å². The number of anilines is 1. The van der Waals surface area contributed by atoms with Crippen LogP contribution in [0.1, 0.15) is 23.8 Å². The van der Waals surface area contributed by atoms with Gasteiger partial charge in [-0.05, 0) is 37.6 Å². The molecule has 0 radical (unpaired) electrons. The quantitative estimate of drug-likeness (QED) is 0.179. The number of guanidine groups is 1. The van der Waals surface area contributed by atoms with Crippen molar-refractivity contribution in [1.29, 1.82) is 0 Å². The third-order valence-electron chi connectivity index (χ3n) is 4.96. The van der Waals surface area contributed by atoms with E-state index >= 15 is 0 Å². The third kappa shape index (κ3) is 7.89. The van der Waals surface area contributed by atoms with Gasteiger partial charge >= 0.3 is 0 Å². The molecule has 3 aromatic rings. The van der Waals surface area contributed by atoms with Gasteiger partial charge in [0.1, 0.15) is 18.1 Å². The SMILES string of the molecule is Cc1nnc(CN=C(NCCCN(C)c2ccccc2)NCCc2ccco2)n1C.I. The van der Waals surface area contributed by atoms with E-state index in [1.165, 1.54) is 5.69 Å². The first-order valence-corrected chi connectivity index (χ1v) is 10.3. The van der Waals surface area contributed by atoms with Crippen molar-refractivity contribution in [2.24, 2.45) is 12.0 Å². The molecule has 2 N–H and O–H groups in total. The van der Waals surface area contributed by atoms with Crippen LogP contribution >= 0.6 is 24.0 Å². The van der Waals surface area contributed by atoms with Gasteiger partial charge in [-0.1, -0.05) is 18.2 Å². The lowest BCUT2D eigenvalue weighted by atomic mass is 10.3. The molecule has 9 heteroatoms. The molecular formula is C22H32IN7O. The number of para-hydroxylation sites is 1. The number of halogens is 1. The van der Waals surface area contributed by atoms with Crippen molar-refractivity contribution in [2.75, 3.05) is 31.6 Å². The number of nitrogens with zero attached hydrogens (tertiary/aromatic N) is 5. The first-order chi connectivity index (χ1) is 14.6. The predicted molar refractivity (Wildman–Crippen MR) is 135 cm³/mol. The number of hydrogen-bond acceptors (Lipinski definition) is 5. The summed E-state index contributed by atoms with van der Waals surface area (Å²) in [6.07, 6.45) is 3.49. The van der Waals surface area contributed by atoms with Crippen molar-refractivity contribution in [3.05, 3.63) is 66.1 Å². The lowest BCUT2D eigenvalue weighted by Crippen LogP contribution is -2.39. The molecule has 0 atom stereocenters. The van der Waals surface area contributed by atoms with Gasteiger partial charge in [-0.25, -0.2) is 4.99 Å². The van der Waals surface area contributed by atoms with Gasteiger partial charge in [0.15, 0.2) is 11.8 Å². The zero-order valence-electron chi connectivity index (χ0n) is 18.4. The Hall–Kier alpha value is -2.56. The van der Waals surface area contributed by atoms with Gasteiger partial charge in [0.25, 0.3) is 0 Å². The van der Waals surface area contributed by atoms with Crippen molar-refractivity contribution in [1.82, 2.24) is 25.4 Å². The van der Waals surface area contributed by atoms with Gasteiger partial charge in [-0.2, -0.15) is 0 Å². The molecule has 3 rings (SSSR count). The average Bonchev–Trinajstić information content (AvgIpc) is 3.40. The zero-order valence-corrected chi connectivity index (χ0v) is 20.7. The van der Waals surface area contributed by atoms with Crippen molar-refractivity contribution in [3.63, 3.8) is 0 Å². The van der Waals surface area contributed by atoms with Gasteiger partial charge < -0.3 is 24.5 Å². The lowest BCUT2D eigenvalue weighted by molar-refractivity contribution is 0.506. The molecule has 2 aromatic heterocycles. The van der Waals surface area contributed by atoms with Gasteiger partial charge in [-0.3, -0.25) is 0 Å². The molecular weight excluding hydrogens is 505 g/mol. The van der Waals surface area contributed by atoms with Crippen LogP contribution in [0.15, 0.2) is 58.1 Å². The van der Waals surface area contributed by atoms with E-state index in [9.17, 15) is 0 Å². The molecule has 168 valence electrons. The summed E-state index contributed by atoms with van der Waals surface area (Å²) in [5.41, 5.74) is 1.22. The molecule has 8 nitrogen and oxygen atoms in total. The monoisotopic (exact) mass is 537 g/mol. The second-order valence-electron chi connectivity index (χ2n) is 7.18. The number of rotatable bonds is 10. The molecule has 0 aliphatic rings. The highest BCUT2D eigenvalue weighted by Crippen LogP contribution is 2.10. The molecule has 0 amide bonds. The van der Waals surface area contributed by atoms with E-state index < -0.39 is 0 Å². The van der Waals surface area contributed by atoms with E-state index in [0.717, 1.165) is 55.8 Å². The fourth-order valence-corrected chi connectivity index (χ4v) is 3.01. The molecule has 1 aromatic carbocycles. The van der Waals surface area contributed by atoms with E-state index in [1.54, 1.807) is 6.26 Å². The van der Waals surface area contributed by atoms with Crippen LogP contribution in [0, 0.1) is 6.92 Å². The molecule has 31 heavy (non-hydrogen) atoms. The molecule has 0 fully saturated rings. The van der Waals surface area contributed by atoms with Crippen LogP contribution < -0.4 is 15.5 Å². The van der Waals surface area contributed by atoms with Crippen molar-refractivity contribution in [3.8, 4) is 0 Å². The molecule has 0 saturated carbocycles. The van der Waals surface area contributed by atoms with Crippen molar-refractivity contribution in [2.45, 2.75) is 26.3 Å². The topological polar surface area (TPSA) is 83.5 Å². The Labute approximate surface area is 201 Å². The van der Waals surface area contributed by atoms with Gasteiger partial charge in [0, 0.05) is 45.8 Å². The number of hydrogen-bond donors (Lipinski definition) is 2. The summed E-state index contributed by atoms with van der Waals surface area (Å²) < 4.78 is 7.36. The van der Waals surface area contributed by atoms with Crippen LogP contribution in [0.25, 0.3) is 0 Å². The molecule has 0 bridgehead atoms. The summed E-state index contributed by atoms with van der Waals surface area (Å²) in [6, 6.07) is 14.3. The number of nitrogens with one attached hydrogen (secondary N) is 2. The molecule has 0 aliphatic heterocycles. The highest BCUT2D eigenvalue weighted by Gasteiger charge is 2.06. The third-order valence-corrected chi connectivity index (χ3v) is 4.96. The highest BCUT2D eigenvalue weighted by molar-refractivity contribution is 14.0. The largest absolute Gasteiger partial charge is 0.469 e. The minimum Gasteiger partial charge on any atom is -0.469 e. The second-order valence-corrected chi connectivity index (χ2v) is 7.18. The van der Waals surface area contributed by atoms with Crippen LogP contribution in [0.5, 0.6) is 0 Å². The molecule has 0 aliphatic carbocycles. The van der Waals surface area contributed by atoms with Gasteiger partial charge in [0.05, 0.1) is 6.26 Å². The first-order valence-electron chi connectivity index (χ1n) is 10.3. The van der Waals surface area contributed by atoms with Crippen LogP contribution in [0.4, 0.5) is 5.69 Å². The summed E-state index contributed by atoms with van der Waals surface area (Å²) in [5.74, 6) is 3.44. The summed E-state index contributed by atoms with van der Waals surface area (Å²) in [5, 5.41) is 15.1. The molecule has 0 saturated heterocycles. The Balaban J connectivity index is 0.00000341. The Kier molecular flexibility index (Phi) is 10.3. The standard InChI is InChI=1S/C22H31N7O.HI/c1-18-26-27-21(29(18)3)17-25-22(24-14-12-20-11-7-16-30-20)23-13-8-15-28(2)19-9-5-4-6-10-19;/h4-7,9-11,16H,8,12-15,17H2,1-3H3,(H2,23,24,25);1H. The minimum absolute atomic E-state index is 0. The van der Waals surface area contributed by atoms with Crippen LogP contribution in [0.3, 0.4) is 0 Å². The van der Waals surface area contributed by atoms with E-state index in [4.69, 9.17) is 4.42 Å². The Morgan fingerprint density at radius 1 is 1.10 bits per heavy atom. The van der Waals surface area contributed by atoms with E-state index in [2.05, 4.69) is 62.0 Å². The highest BCUT2D eigenvalue weighted by atomic mass is 127. The summed E-state index contributed by atoms with van der Waals surface area (Å²) >= 11 is 0. The Bertz CT molecular complexity index is 909. The maximum Gasteiger partial charge on any atom is 0.191 e. The fourth-order valence-electron chi connectivity index (χ4n) is 3.01. The predicted octanol–water partition coefficient (Wildman–Crippen LogP) is 3.14. The fraction of sp³-hybridized carbons (Fsp3) is 0.409. The normalized spacial score (nSPS) is 11.1. The number of aliphatic imine (C=N–C) groups is 1. The number of furan rings is 1. The van der Waals surface area contributed by atoms with Crippen LogP contribution in [-0.2, 0) is 20.0 Å². The number of aromatic nitrogens is 3. The van der Waals surface area contributed by atoms with Gasteiger partial charge in [0.2, 0.25) is 0 Å². The van der Waals surface area contributed by atoms with Crippen molar-refractivity contribution >= 4 is 35.6 Å². The number of aryl methyl sites for hydroxylation is 1. The summed E-state index contributed by atoms with van der Waals surface area (Å²) in [6.45, 7) is 4.92. The van der Waals surface area contributed by atoms with E-state index in [0.29, 0.717) is 6.54 Å². The maximum absolute atomic E-state index is 5.40. The molecule has 0 unspecified atom stereocenters. The number of benzene rings is 1. The average molecular weight is 537 g/mol. The zero-order chi connectivity index (χ0) is 21.2. The lowest BCUT2D eigenvalue weighted by Gasteiger charge is -2.19. The van der Waals surface area contributed by atoms with Gasteiger partial charge in [-0.15, -0.1) is 34.2 Å². The summed E-state index contributed by atoms with van der Waals surface area (Å²) in [7, 11) is 4.07. The Morgan fingerprint density at radius 3 is 2.55 bits per heavy atom. The Morgan fingerprint density at radius 2 is 1.87 bits per heavy atom. The second kappa shape index (κ2) is 13.0. The van der Waals surface area contributed by atoms with Crippen LogP contribution in [-0.4, -0.2) is 47.4 Å². The smallest absolute Gasteiger partial charge is 0.191 e. The summed E-state index contributed by atoms with van der Waals surface area (Å²) in [4.78, 5) is 6.94. The molecule has 2 heterocycles. The van der Waals surface area contributed by atoms with Crippen LogP contribution in [0.2, 0.25) is 0 Å².